The first-order chi connectivity index (χ1) is 14.4. The normalized spacial score (nSPS) is 28.5. The number of aryl methyl sites for hydroxylation is 1. The zero-order chi connectivity index (χ0) is 20.9. The number of aromatic nitrogens is 4. The van der Waals surface area contributed by atoms with Crippen LogP contribution in [0, 0.1) is 0 Å². The van der Waals surface area contributed by atoms with Crippen molar-refractivity contribution in [1.82, 2.24) is 24.5 Å². The van der Waals surface area contributed by atoms with E-state index in [1.807, 2.05) is 7.05 Å². The van der Waals surface area contributed by atoms with E-state index in [0.717, 1.165) is 5.69 Å². The summed E-state index contributed by atoms with van der Waals surface area (Å²) in [4.78, 5) is 8.63. The van der Waals surface area contributed by atoms with Crippen LogP contribution in [-0.4, -0.2) is 70.9 Å². The van der Waals surface area contributed by atoms with Gasteiger partial charge in [0.05, 0.1) is 48.6 Å². The minimum absolute atomic E-state index is 0.218. The number of sulfonamides is 1. The third kappa shape index (κ3) is 3.97. The minimum Gasteiger partial charge on any atom is -0.371 e. The number of fused-ring (bicyclic) bond motifs is 1. The maximum atomic E-state index is 12.3. The zero-order valence-electron chi connectivity index (χ0n) is 16.2. The summed E-state index contributed by atoms with van der Waals surface area (Å²) in [6, 6.07) is -0.611. The molecule has 4 atom stereocenters. The monoisotopic (exact) mass is 455 g/mol. The molecule has 0 radical (unpaired) electrons. The fourth-order valence-electron chi connectivity index (χ4n) is 3.73. The highest BCUT2D eigenvalue weighted by molar-refractivity contribution is 7.90. The maximum Gasteiger partial charge on any atom is 0.229 e. The number of ether oxygens (including phenoxy) is 2. The summed E-state index contributed by atoms with van der Waals surface area (Å²) < 4.78 is 40.7. The Morgan fingerprint density at radius 3 is 2.60 bits per heavy atom. The van der Waals surface area contributed by atoms with E-state index in [9.17, 15) is 8.42 Å². The van der Waals surface area contributed by atoms with Crippen molar-refractivity contribution in [3.63, 3.8) is 0 Å². The molecule has 2 unspecified atom stereocenters. The predicted molar refractivity (Wildman–Crippen MR) is 109 cm³/mol. The number of hydrogen-bond donors (Lipinski definition) is 3. The van der Waals surface area contributed by atoms with Gasteiger partial charge in [-0.1, -0.05) is 11.6 Å². The second-order valence-electron chi connectivity index (χ2n) is 7.73. The summed E-state index contributed by atoms with van der Waals surface area (Å²) in [6.45, 7) is 0.619. The van der Waals surface area contributed by atoms with Crippen LogP contribution < -0.4 is 15.4 Å². The lowest BCUT2D eigenvalue weighted by molar-refractivity contribution is 0.0690. The molecule has 2 aromatic heterocycles. The lowest BCUT2D eigenvalue weighted by Crippen LogP contribution is -2.45. The van der Waals surface area contributed by atoms with E-state index in [2.05, 4.69) is 30.4 Å². The molecule has 0 amide bonds. The fourth-order valence-corrected chi connectivity index (χ4v) is 5.45. The van der Waals surface area contributed by atoms with Gasteiger partial charge in [-0.25, -0.2) is 18.1 Å². The predicted octanol–water partition coefficient (Wildman–Crippen LogP) is 0.636. The van der Waals surface area contributed by atoms with E-state index in [1.165, 1.54) is 6.20 Å². The molecule has 1 aliphatic carbocycles. The van der Waals surface area contributed by atoms with E-state index < -0.39 is 16.1 Å². The molecule has 2 saturated heterocycles. The zero-order valence-corrected chi connectivity index (χ0v) is 17.7. The topological polar surface area (TPSA) is 132 Å². The van der Waals surface area contributed by atoms with E-state index in [0.29, 0.717) is 36.2 Å². The molecule has 5 rings (SSSR count). The molecule has 1 saturated carbocycles. The number of halogens is 1. The van der Waals surface area contributed by atoms with Gasteiger partial charge < -0.3 is 20.1 Å². The molecule has 4 heterocycles. The second kappa shape index (κ2) is 7.61. The standard InChI is InChI=1S/C17H22ClN7O4S/c1-25-6-9(4-20-25)21-17-19-5-11(18)16(23-17)22-12-7-28-15-13(8-29-14(12)15)24-30(26,27)10-2-3-10/h4-6,10,12-15,24H,2-3,7-8H2,1H3,(H2,19,21,22,23)/t12-,13+,14?,15?/m1/s1. The summed E-state index contributed by atoms with van der Waals surface area (Å²) in [5, 5.41) is 10.5. The first-order valence-electron chi connectivity index (χ1n) is 9.68. The lowest BCUT2D eigenvalue weighted by atomic mass is 10.1. The molecule has 30 heavy (non-hydrogen) atoms. The Kier molecular flexibility index (Phi) is 5.06. The number of nitrogens with zero attached hydrogens (tertiary/aromatic N) is 4. The molecular formula is C17H22ClN7O4S. The van der Waals surface area contributed by atoms with Crippen molar-refractivity contribution in [2.75, 3.05) is 23.8 Å². The molecule has 2 aliphatic heterocycles. The summed E-state index contributed by atoms with van der Waals surface area (Å²) in [7, 11) is -1.50. The minimum atomic E-state index is -3.31. The van der Waals surface area contributed by atoms with Gasteiger partial charge in [0.25, 0.3) is 0 Å². The molecule has 13 heteroatoms. The lowest BCUT2D eigenvalue weighted by Gasteiger charge is -2.19. The van der Waals surface area contributed by atoms with Crippen LogP contribution in [0.15, 0.2) is 18.6 Å². The Balaban J connectivity index is 1.26. The molecule has 11 nitrogen and oxygen atoms in total. The van der Waals surface area contributed by atoms with Gasteiger partial charge in [-0.15, -0.1) is 0 Å². The first-order valence-corrected chi connectivity index (χ1v) is 11.6. The molecule has 3 N–H and O–H groups in total. The fraction of sp³-hybridized carbons (Fsp3) is 0.588. The highest BCUT2D eigenvalue weighted by Gasteiger charge is 2.50. The summed E-state index contributed by atoms with van der Waals surface area (Å²) in [5.41, 5.74) is 0.750. The molecule has 2 aromatic rings. The van der Waals surface area contributed by atoms with Crippen LogP contribution in [0.4, 0.5) is 17.5 Å². The molecule has 0 spiro atoms. The van der Waals surface area contributed by atoms with E-state index in [-0.39, 0.29) is 30.1 Å². The van der Waals surface area contributed by atoms with Gasteiger partial charge in [-0.3, -0.25) is 4.68 Å². The van der Waals surface area contributed by atoms with Crippen LogP contribution in [0.2, 0.25) is 5.02 Å². The second-order valence-corrected chi connectivity index (χ2v) is 10.1. The molecule has 162 valence electrons. The molecule has 0 aromatic carbocycles. The van der Waals surface area contributed by atoms with Crippen LogP contribution in [0.5, 0.6) is 0 Å². The van der Waals surface area contributed by atoms with E-state index >= 15 is 0 Å². The van der Waals surface area contributed by atoms with E-state index in [4.69, 9.17) is 21.1 Å². The van der Waals surface area contributed by atoms with Crippen LogP contribution in [0.1, 0.15) is 12.8 Å². The number of hydrogen-bond acceptors (Lipinski definition) is 9. The largest absolute Gasteiger partial charge is 0.371 e. The van der Waals surface area contributed by atoms with Crippen molar-refractivity contribution in [1.29, 1.82) is 0 Å². The number of anilines is 3. The van der Waals surface area contributed by atoms with Crippen LogP contribution >= 0.6 is 11.6 Å². The van der Waals surface area contributed by atoms with Gasteiger partial charge in [0.2, 0.25) is 16.0 Å². The Labute approximate surface area is 178 Å². The highest BCUT2D eigenvalue weighted by Crippen LogP contribution is 2.33. The average Bonchev–Trinajstić information content (AvgIpc) is 3.24. The molecule has 3 aliphatic rings. The molecule has 3 fully saturated rings. The van der Waals surface area contributed by atoms with Gasteiger partial charge >= 0.3 is 0 Å². The Morgan fingerprint density at radius 1 is 1.17 bits per heavy atom. The van der Waals surface area contributed by atoms with Crippen molar-refractivity contribution in [3.8, 4) is 0 Å². The van der Waals surface area contributed by atoms with Crippen molar-refractivity contribution in [2.45, 2.75) is 42.4 Å². The van der Waals surface area contributed by atoms with Gasteiger partial charge in [0.15, 0.2) is 5.82 Å². The van der Waals surface area contributed by atoms with Crippen molar-refractivity contribution < 1.29 is 17.9 Å². The van der Waals surface area contributed by atoms with Crippen LogP contribution in [-0.2, 0) is 26.5 Å². The Bertz CT molecular complexity index is 1040. The van der Waals surface area contributed by atoms with Gasteiger partial charge in [-0.05, 0) is 12.8 Å². The molecular weight excluding hydrogens is 434 g/mol. The smallest absolute Gasteiger partial charge is 0.229 e. The van der Waals surface area contributed by atoms with Gasteiger partial charge in [0, 0.05) is 13.2 Å². The summed E-state index contributed by atoms with van der Waals surface area (Å²) >= 11 is 6.28. The number of rotatable bonds is 7. The average molecular weight is 456 g/mol. The SMILES string of the molecule is Cn1cc(Nc2ncc(Cl)c(N[C@@H]3COC4C3OC[C@@H]4NS(=O)(=O)C3CC3)n2)cn1. The quantitative estimate of drug-likeness (QED) is 0.549. The third-order valence-electron chi connectivity index (χ3n) is 5.36. The van der Waals surface area contributed by atoms with Gasteiger partial charge in [0.1, 0.15) is 17.2 Å². The summed E-state index contributed by atoms with van der Waals surface area (Å²) in [6.07, 6.45) is 5.73. The molecule has 0 bridgehead atoms. The Morgan fingerprint density at radius 2 is 1.90 bits per heavy atom. The van der Waals surface area contributed by atoms with Crippen LogP contribution in [0.3, 0.4) is 0 Å². The van der Waals surface area contributed by atoms with E-state index in [1.54, 1.807) is 17.1 Å². The van der Waals surface area contributed by atoms with Crippen molar-refractivity contribution in [2.24, 2.45) is 7.05 Å². The third-order valence-corrected chi connectivity index (χ3v) is 7.62. The summed E-state index contributed by atoms with van der Waals surface area (Å²) in [5.74, 6) is 0.811. The first kappa shape index (κ1) is 19.9. The number of nitrogens with one attached hydrogen (secondary N) is 3. The van der Waals surface area contributed by atoms with Crippen molar-refractivity contribution in [3.05, 3.63) is 23.6 Å². The van der Waals surface area contributed by atoms with Crippen molar-refractivity contribution >= 4 is 39.1 Å². The Hall–Kier alpha value is -1.99. The maximum absolute atomic E-state index is 12.3. The highest BCUT2D eigenvalue weighted by atomic mass is 35.5. The van der Waals surface area contributed by atoms with Crippen LogP contribution in [0.25, 0.3) is 0 Å². The van der Waals surface area contributed by atoms with Gasteiger partial charge in [-0.2, -0.15) is 10.1 Å².